The number of fused-ring (bicyclic) bond motifs is 2. The van der Waals surface area contributed by atoms with E-state index in [1.807, 2.05) is 13.8 Å². The Hall–Kier alpha value is -0.120. The first-order chi connectivity index (χ1) is 8.73. The lowest BCUT2D eigenvalue weighted by atomic mass is 9.68. The third-order valence-electron chi connectivity index (χ3n) is 5.89. The summed E-state index contributed by atoms with van der Waals surface area (Å²) in [6, 6.07) is 0.617. The van der Waals surface area contributed by atoms with Gasteiger partial charge in [-0.3, -0.25) is 0 Å². The molecule has 3 aliphatic rings. The Bertz CT molecular complexity index is 361. The maximum absolute atomic E-state index is 5.91. The highest BCUT2D eigenvalue weighted by molar-refractivity contribution is 5.12. The first-order valence-electron chi connectivity index (χ1n) is 7.78. The van der Waals surface area contributed by atoms with Gasteiger partial charge in [-0.1, -0.05) is 20.8 Å². The largest absolute Gasteiger partial charge is 0.348 e. The van der Waals surface area contributed by atoms with Crippen molar-refractivity contribution < 1.29 is 9.47 Å². The van der Waals surface area contributed by atoms with Crippen LogP contribution in [-0.2, 0) is 9.47 Å². The van der Waals surface area contributed by atoms with Crippen LogP contribution in [0, 0.1) is 16.7 Å². The molecular weight excluding hydrogens is 238 g/mol. The molecule has 110 valence electrons. The zero-order valence-corrected chi connectivity index (χ0v) is 13.1. The number of hydrogen-bond acceptors (Lipinski definition) is 3. The molecule has 3 fully saturated rings. The highest BCUT2D eigenvalue weighted by atomic mass is 16.7. The van der Waals surface area contributed by atoms with Crippen LogP contribution in [0.2, 0.25) is 0 Å². The van der Waals surface area contributed by atoms with Gasteiger partial charge in [0.25, 0.3) is 0 Å². The first-order valence-corrected chi connectivity index (χ1v) is 7.78. The number of rotatable bonds is 3. The van der Waals surface area contributed by atoms with Crippen molar-refractivity contribution in [2.45, 2.75) is 71.8 Å². The number of hydrogen-bond donors (Lipinski definition) is 1. The quantitative estimate of drug-likeness (QED) is 0.853. The summed E-state index contributed by atoms with van der Waals surface area (Å²) in [4.78, 5) is 0. The number of nitrogens with one attached hydrogen (secondary N) is 1. The molecule has 2 saturated carbocycles. The van der Waals surface area contributed by atoms with Gasteiger partial charge < -0.3 is 14.8 Å². The Morgan fingerprint density at radius 2 is 1.89 bits per heavy atom. The third kappa shape index (κ3) is 2.24. The van der Waals surface area contributed by atoms with Crippen molar-refractivity contribution in [2.75, 3.05) is 13.2 Å². The molecule has 2 aliphatic carbocycles. The SMILES string of the molecule is CC1(C)OCC(CNC2C3(C)CCC(C3)C2(C)C)O1. The zero-order valence-electron chi connectivity index (χ0n) is 13.1. The topological polar surface area (TPSA) is 30.5 Å². The second-order valence-corrected chi connectivity index (χ2v) is 8.21. The van der Waals surface area contributed by atoms with Gasteiger partial charge in [0, 0.05) is 12.6 Å². The fourth-order valence-corrected chi connectivity index (χ4v) is 4.92. The van der Waals surface area contributed by atoms with Gasteiger partial charge in [-0.2, -0.15) is 0 Å². The molecule has 1 aliphatic heterocycles. The van der Waals surface area contributed by atoms with Gasteiger partial charge in [0.05, 0.1) is 12.7 Å². The molecule has 3 nitrogen and oxygen atoms in total. The van der Waals surface area contributed by atoms with Crippen molar-refractivity contribution in [1.29, 1.82) is 0 Å². The average Bonchev–Trinajstić information content (AvgIpc) is 2.87. The van der Waals surface area contributed by atoms with Crippen LogP contribution in [0.4, 0.5) is 0 Å². The molecule has 4 atom stereocenters. The monoisotopic (exact) mass is 267 g/mol. The lowest BCUT2D eigenvalue weighted by Gasteiger charge is -2.43. The molecule has 3 rings (SSSR count). The highest BCUT2D eigenvalue weighted by Gasteiger charge is 2.59. The van der Waals surface area contributed by atoms with Crippen LogP contribution in [0.15, 0.2) is 0 Å². The molecule has 1 N–H and O–H groups in total. The minimum atomic E-state index is -0.402. The Balaban J connectivity index is 1.61. The molecule has 0 radical (unpaired) electrons. The summed E-state index contributed by atoms with van der Waals surface area (Å²) in [6.07, 6.45) is 4.39. The Morgan fingerprint density at radius 3 is 2.42 bits per heavy atom. The summed E-state index contributed by atoms with van der Waals surface area (Å²) in [5.41, 5.74) is 0.908. The minimum Gasteiger partial charge on any atom is -0.348 e. The summed E-state index contributed by atoms with van der Waals surface area (Å²) < 4.78 is 11.6. The molecular formula is C16H29NO2. The van der Waals surface area contributed by atoms with E-state index in [1.54, 1.807) is 0 Å². The molecule has 2 bridgehead atoms. The van der Waals surface area contributed by atoms with Crippen LogP contribution in [0.25, 0.3) is 0 Å². The van der Waals surface area contributed by atoms with Crippen molar-refractivity contribution in [3.05, 3.63) is 0 Å². The van der Waals surface area contributed by atoms with Gasteiger partial charge in [-0.15, -0.1) is 0 Å². The van der Waals surface area contributed by atoms with Gasteiger partial charge >= 0.3 is 0 Å². The van der Waals surface area contributed by atoms with E-state index in [0.29, 0.717) is 23.5 Å². The van der Waals surface area contributed by atoms with E-state index in [-0.39, 0.29) is 6.10 Å². The van der Waals surface area contributed by atoms with Crippen molar-refractivity contribution in [2.24, 2.45) is 16.7 Å². The fraction of sp³-hybridized carbons (Fsp3) is 1.00. The Morgan fingerprint density at radius 1 is 1.16 bits per heavy atom. The molecule has 19 heavy (non-hydrogen) atoms. The molecule has 3 heteroatoms. The van der Waals surface area contributed by atoms with Gasteiger partial charge in [-0.05, 0) is 49.9 Å². The summed E-state index contributed by atoms with van der Waals surface area (Å²) in [6.45, 7) is 13.0. The maximum Gasteiger partial charge on any atom is 0.163 e. The van der Waals surface area contributed by atoms with Crippen LogP contribution in [0.3, 0.4) is 0 Å². The van der Waals surface area contributed by atoms with Crippen LogP contribution in [0.5, 0.6) is 0 Å². The van der Waals surface area contributed by atoms with Gasteiger partial charge in [0.15, 0.2) is 5.79 Å². The molecule has 1 heterocycles. The lowest BCUT2D eigenvalue weighted by molar-refractivity contribution is -0.138. The third-order valence-corrected chi connectivity index (χ3v) is 5.89. The summed E-state index contributed by atoms with van der Waals surface area (Å²) >= 11 is 0. The predicted molar refractivity (Wildman–Crippen MR) is 75.9 cm³/mol. The molecule has 0 aromatic rings. The van der Waals surface area contributed by atoms with E-state index in [9.17, 15) is 0 Å². The van der Waals surface area contributed by atoms with Gasteiger partial charge in [-0.25, -0.2) is 0 Å². The summed E-state index contributed by atoms with van der Waals surface area (Å²) in [5.74, 6) is 0.493. The Labute approximate surface area is 117 Å². The number of ether oxygens (including phenoxy) is 2. The smallest absolute Gasteiger partial charge is 0.163 e. The second-order valence-electron chi connectivity index (χ2n) is 8.21. The minimum absolute atomic E-state index is 0.202. The van der Waals surface area contributed by atoms with E-state index in [1.165, 1.54) is 19.3 Å². The van der Waals surface area contributed by atoms with Crippen molar-refractivity contribution in [1.82, 2.24) is 5.32 Å². The normalized spacial score (nSPS) is 46.9. The van der Waals surface area contributed by atoms with Crippen LogP contribution < -0.4 is 5.32 Å². The molecule has 0 amide bonds. The highest BCUT2D eigenvalue weighted by Crippen LogP contribution is 2.62. The van der Waals surface area contributed by atoms with Gasteiger partial charge in [0.1, 0.15) is 0 Å². The standard InChI is InChI=1S/C16H29NO2/c1-14(2)11-6-7-16(5,8-11)13(14)17-9-12-10-18-15(3,4)19-12/h11-13,17H,6-10H2,1-5H3. The molecule has 0 aromatic heterocycles. The van der Waals surface area contributed by atoms with Crippen molar-refractivity contribution >= 4 is 0 Å². The first kappa shape index (κ1) is 13.8. The fourth-order valence-electron chi connectivity index (χ4n) is 4.92. The van der Waals surface area contributed by atoms with Crippen LogP contribution in [0.1, 0.15) is 53.9 Å². The second kappa shape index (κ2) is 4.19. The van der Waals surface area contributed by atoms with Gasteiger partial charge in [0.2, 0.25) is 0 Å². The predicted octanol–water partition coefficient (Wildman–Crippen LogP) is 2.94. The van der Waals surface area contributed by atoms with E-state index in [4.69, 9.17) is 9.47 Å². The molecule has 0 aromatic carbocycles. The average molecular weight is 267 g/mol. The van der Waals surface area contributed by atoms with Crippen molar-refractivity contribution in [3.63, 3.8) is 0 Å². The molecule has 0 spiro atoms. The van der Waals surface area contributed by atoms with Crippen molar-refractivity contribution in [3.8, 4) is 0 Å². The Kier molecular flexibility index (Phi) is 3.05. The van der Waals surface area contributed by atoms with Crippen LogP contribution >= 0.6 is 0 Å². The van der Waals surface area contributed by atoms with E-state index in [2.05, 4.69) is 26.1 Å². The molecule has 4 unspecified atom stereocenters. The zero-order chi connectivity index (χ0) is 13.9. The lowest BCUT2D eigenvalue weighted by Crippen LogP contribution is -2.52. The van der Waals surface area contributed by atoms with E-state index < -0.39 is 5.79 Å². The van der Waals surface area contributed by atoms with E-state index in [0.717, 1.165) is 12.5 Å². The summed E-state index contributed by atoms with van der Waals surface area (Å²) in [7, 11) is 0. The van der Waals surface area contributed by atoms with Crippen LogP contribution in [-0.4, -0.2) is 31.1 Å². The van der Waals surface area contributed by atoms with E-state index >= 15 is 0 Å². The molecule has 1 saturated heterocycles. The maximum atomic E-state index is 5.91. The summed E-state index contributed by atoms with van der Waals surface area (Å²) in [5, 5.41) is 3.82.